The first kappa shape index (κ1) is 21.9. The lowest BCUT2D eigenvalue weighted by Crippen LogP contribution is -2.14. The number of hydrogen-bond acceptors (Lipinski definition) is 5. The molecule has 0 aliphatic rings. The Bertz CT molecular complexity index is 1450. The zero-order valence-electron chi connectivity index (χ0n) is 19.0. The van der Waals surface area contributed by atoms with E-state index in [0.717, 1.165) is 45.5 Å². The summed E-state index contributed by atoms with van der Waals surface area (Å²) in [5, 5.41) is 12.4. The van der Waals surface area contributed by atoms with Gasteiger partial charge < -0.3 is 9.88 Å². The number of rotatable bonds is 7. The second-order valence-electron chi connectivity index (χ2n) is 7.91. The molecule has 170 valence electrons. The van der Waals surface area contributed by atoms with E-state index in [-0.39, 0.29) is 11.7 Å². The van der Waals surface area contributed by atoms with Crippen molar-refractivity contribution in [2.75, 3.05) is 11.1 Å². The van der Waals surface area contributed by atoms with E-state index in [2.05, 4.69) is 46.5 Å². The van der Waals surface area contributed by atoms with Crippen LogP contribution in [-0.4, -0.2) is 36.0 Å². The molecule has 34 heavy (non-hydrogen) atoms. The number of fused-ring (bicyclic) bond motifs is 1. The topological polar surface area (TPSA) is 77.6 Å². The van der Waals surface area contributed by atoms with Crippen LogP contribution in [0.2, 0.25) is 0 Å². The van der Waals surface area contributed by atoms with Gasteiger partial charge in [0.25, 0.3) is 0 Å². The monoisotopic (exact) mass is 468 g/mol. The van der Waals surface area contributed by atoms with Crippen LogP contribution in [0, 0.1) is 6.92 Å². The van der Waals surface area contributed by atoms with E-state index in [1.807, 2.05) is 76.1 Å². The lowest BCUT2D eigenvalue weighted by molar-refractivity contribution is -0.113. The number of hydrogen-bond donors (Lipinski definition) is 1. The molecule has 0 radical (unpaired) electrons. The van der Waals surface area contributed by atoms with Gasteiger partial charge in [0.1, 0.15) is 6.33 Å². The van der Waals surface area contributed by atoms with Gasteiger partial charge in [-0.25, -0.2) is 4.98 Å². The van der Waals surface area contributed by atoms with E-state index in [4.69, 9.17) is 0 Å². The molecule has 7 nitrogen and oxygen atoms in total. The van der Waals surface area contributed by atoms with E-state index in [1.165, 1.54) is 17.3 Å². The fourth-order valence-electron chi connectivity index (χ4n) is 3.88. The van der Waals surface area contributed by atoms with Gasteiger partial charge in [0.2, 0.25) is 5.91 Å². The summed E-state index contributed by atoms with van der Waals surface area (Å²) in [4.78, 5) is 17.0. The molecule has 5 rings (SSSR count). The third-order valence-corrected chi connectivity index (χ3v) is 6.49. The maximum Gasteiger partial charge on any atom is 0.234 e. The Morgan fingerprint density at radius 3 is 2.62 bits per heavy atom. The highest BCUT2D eigenvalue weighted by Crippen LogP contribution is 2.25. The van der Waals surface area contributed by atoms with E-state index in [9.17, 15) is 4.79 Å². The average molecular weight is 469 g/mol. The van der Waals surface area contributed by atoms with Gasteiger partial charge in [0.05, 0.1) is 16.8 Å². The molecule has 0 atom stereocenters. The number of anilines is 1. The minimum absolute atomic E-state index is 0.0893. The highest BCUT2D eigenvalue weighted by Gasteiger charge is 2.15. The molecule has 1 amide bonds. The molecule has 2 heterocycles. The van der Waals surface area contributed by atoms with Crippen LogP contribution in [0.3, 0.4) is 0 Å². The fourth-order valence-corrected chi connectivity index (χ4v) is 4.68. The van der Waals surface area contributed by atoms with Crippen LogP contribution < -0.4 is 5.32 Å². The number of nitrogens with one attached hydrogen (secondary N) is 1. The second kappa shape index (κ2) is 9.52. The van der Waals surface area contributed by atoms with Gasteiger partial charge in [-0.3, -0.25) is 9.36 Å². The Hall–Kier alpha value is -3.91. The van der Waals surface area contributed by atoms with Crippen molar-refractivity contribution in [2.45, 2.75) is 25.5 Å². The largest absolute Gasteiger partial charge is 0.325 e. The number of amides is 1. The number of carbonyl (C=O) groups excluding carboxylic acids is 1. The van der Waals surface area contributed by atoms with Crippen LogP contribution in [0.15, 0.2) is 84.3 Å². The quantitative estimate of drug-likeness (QED) is 0.326. The Labute approximate surface area is 201 Å². The van der Waals surface area contributed by atoms with E-state index in [0.29, 0.717) is 0 Å². The van der Waals surface area contributed by atoms with Gasteiger partial charge in [0, 0.05) is 23.5 Å². The summed E-state index contributed by atoms with van der Waals surface area (Å²) in [6, 6.07) is 23.9. The van der Waals surface area contributed by atoms with Crippen molar-refractivity contribution in [1.29, 1.82) is 0 Å². The van der Waals surface area contributed by atoms with Crippen LogP contribution in [0.4, 0.5) is 5.69 Å². The summed E-state index contributed by atoms with van der Waals surface area (Å²) < 4.78 is 4.07. The number of benzene rings is 3. The van der Waals surface area contributed by atoms with Gasteiger partial charge in [0.15, 0.2) is 11.0 Å². The Kier molecular flexibility index (Phi) is 6.14. The molecule has 0 aliphatic carbocycles. The van der Waals surface area contributed by atoms with Crippen molar-refractivity contribution < 1.29 is 4.79 Å². The SMILES string of the molecule is CCn1c(SCC(=O)Nc2ccc(-n3cnc4ccccc43)cc2)nnc1-c1cccc(C)c1. The number of imidazole rings is 1. The molecule has 0 fully saturated rings. The molecule has 2 aromatic heterocycles. The van der Waals surface area contributed by atoms with Crippen LogP contribution in [0.5, 0.6) is 0 Å². The Morgan fingerprint density at radius 2 is 1.82 bits per heavy atom. The molecule has 0 aliphatic heterocycles. The zero-order valence-corrected chi connectivity index (χ0v) is 19.8. The van der Waals surface area contributed by atoms with Crippen molar-refractivity contribution in [3.05, 3.63) is 84.7 Å². The molecular weight excluding hydrogens is 444 g/mol. The van der Waals surface area contributed by atoms with Gasteiger partial charge in [-0.05, 0) is 56.3 Å². The number of nitrogens with zero attached hydrogens (tertiary/aromatic N) is 5. The summed E-state index contributed by atoms with van der Waals surface area (Å²) in [6.07, 6.45) is 1.81. The molecule has 5 aromatic rings. The molecule has 0 bridgehead atoms. The van der Waals surface area contributed by atoms with Crippen LogP contribution >= 0.6 is 11.8 Å². The highest BCUT2D eigenvalue weighted by atomic mass is 32.2. The Balaban J connectivity index is 1.24. The number of aryl methyl sites for hydroxylation is 1. The molecular formula is C26H24N6OS. The summed E-state index contributed by atoms with van der Waals surface area (Å²) in [5.74, 6) is 0.977. The Morgan fingerprint density at radius 1 is 1.00 bits per heavy atom. The smallest absolute Gasteiger partial charge is 0.234 e. The lowest BCUT2D eigenvalue weighted by Gasteiger charge is -2.09. The molecule has 1 N–H and O–H groups in total. The number of para-hydroxylation sites is 2. The molecule has 0 saturated carbocycles. The first-order valence-corrected chi connectivity index (χ1v) is 12.1. The number of thioether (sulfide) groups is 1. The molecule has 8 heteroatoms. The van der Waals surface area contributed by atoms with Crippen LogP contribution in [-0.2, 0) is 11.3 Å². The minimum atomic E-state index is -0.0893. The fraction of sp³-hybridized carbons (Fsp3) is 0.154. The molecule has 0 saturated heterocycles. The van der Waals surface area contributed by atoms with Crippen molar-refractivity contribution in [1.82, 2.24) is 24.3 Å². The third-order valence-electron chi connectivity index (χ3n) is 5.52. The highest BCUT2D eigenvalue weighted by molar-refractivity contribution is 7.99. The average Bonchev–Trinajstić information content (AvgIpc) is 3.47. The van der Waals surface area contributed by atoms with Gasteiger partial charge in [-0.1, -0.05) is 47.7 Å². The number of aromatic nitrogens is 5. The van der Waals surface area contributed by atoms with Crippen molar-refractivity contribution in [2.24, 2.45) is 0 Å². The van der Waals surface area contributed by atoms with E-state index < -0.39 is 0 Å². The maximum absolute atomic E-state index is 12.6. The first-order chi connectivity index (χ1) is 16.6. The van der Waals surface area contributed by atoms with Crippen molar-refractivity contribution in [3.8, 4) is 17.1 Å². The van der Waals surface area contributed by atoms with E-state index >= 15 is 0 Å². The summed E-state index contributed by atoms with van der Waals surface area (Å²) >= 11 is 1.39. The van der Waals surface area contributed by atoms with Crippen LogP contribution in [0.1, 0.15) is 12.5 Å². The predicted molar refractivity (Wildman–Crippen MR) is 136 cm³/mol. The van der Waals surface area contributed by atoms with E-state index in [1.54, 1.807) is 0 Å². The zero-order chi connectivity index (χ0) is 23.5. The standard InChI is InChI=1S/C26H24N6OS/c1-3-31-25(19-8-6-7-18(2)15-19)29-30-26(31)34-16-24(33)28-20-11-13-21(14-12-20)32-17-27-22-9-4-5-10-23(22)32/h4-15,17H,3,16H2,1-2H3,(H,28,33). The molecule has 0 unspecified atom stereocenters. The van der Waals surface area contributed by atoms with Gasteiger partial charge in [-0.15, -0.1) is 10.2 Å². The summed E-state index contributed by atoms with van der Waals surface area (Å²) in [7, 11) is 0. The summed E-state index contributed by atoms with van der Waals surface area (Å²) in [6.45, 7) is 4.84. The number of carbonyl (C=O) groups is 1. The van der Waals surface area contributed by atoms with Gasteiger partial charge >= 0.3 is 0 Å². The lowest BCUT2D eigenvalue weighted by atomic mass is 10.1. The molecule has 0 spiro atoms. The van der Waals surface area contributed by atoms with Crippen molar-refractivity contribution in [3.63, 3.8) is 0 Å². The second-order valence-corrected chi connectivity index (χ2v) is 8.85. The predicted octanol–water partition coefficient (Wildman–Crippen LogP) is 5.34. The van der Waals surface area contributed by atoms with Crippen molar-refractivity contribution >= 4 is 34.4 Å². The molecule has 3 aromatic carbocycles. The first-order valence-electron chi connectivity index (χ1n) is 11.1. The van der Waals surface area contributed by atoms with Gasteiger partial charge in [-0.2, -0.15) is 0 Å². The normalized spacial score (nSPS) is 11.1. The summed E-state index contributed by atoms with van der Waals surface area (Å²) in [5.41, 5.74) is 5.92. The minimum Gasteiger partial charge on any atom is -0.325 e. The third kappa shape index (κ3) is 4.45. The maximum atomic E-state index is 12.6. The van der Waals surface area contributed by atoms with Crippen LogP contribution in [0.25, 0.3) is 28.1 Å².